The number of hydrogen-bond acceptors (Lipinski definition) is 6. The highest BCUT2D eigenvalue weighted by Crippen LogP contribution is 2.34. The number of rotatable bonds is 7. The van der Waals surface area contributed by atoms with Gasteiger partial charge in [0.2, 0.25) is 5.91 Å². The second-order valence-electron chi connectivity index (χ2n) is 6.91. The molecule has 9 heteroatoms. The molecule has 8 nitrogen and oxygen atoms in total. The molecule has 0 N–H and O–H groups in total. The molecule has 0 saturated heterocycles. The lowest BCUT2D eigenvalue weighted by Gasteiger charge is -2.17. The zero-order valence-corrected chi connectivity index (χ0v) is 18.3. The maximum atomic E-state index is 12.8. The number of hydrogen-bond donors (Lipinski definition) is 0. The predicted octanol–water partition coefficient (Wildman–Crippen LogP) is 4.70. The molecule has 4 aromatic rings. The highest BCUT2D eigenvalue weighted by molar-refractivity contribution is 7.99. The van der Waals surface area contributed by atoms with E-state index in [0.29, 0.717) is 21.9 Å². The monoisotopic (exact) mass is 448 g/mol. The van der Waals surface area contributed by atoms with E-state index in [1.807, 2.05) is 59.2 Å². The number of imidazole rings is 1. The largest absolute Gasteiger partial charge is 0.495 e. The normalized spacial score (nSPS) is 10.8. The molecule has 0 aliphatic carbocycles. The Morgan fingerprint density at radius 2 is 1.84 bits per heavy atom. The first kappa shape index (κ1) is 21.4. The van der Waals surface area contributed by atoms with Gasteiger partial charge in [0.15, 0.2) is 5.16 Å². The van der Waals surface area contributed by atoms with Crippen molar-refractivity contribution in [2.75, 3.05) is 24.8 Å². The second kappa shape index (κ2) is 9.11. The van der Waals surface area contributed by atoms with Crippen LogP contribution < -0.4 is 9.64 Å². The van der Waals surface area contributed by atoms with Gasteiger partial charge in [-0.2, -0.15) is 0 Å². The Bertz CT molecular complexity index is 1290. The van der Waals surface area contributed by atoms with E-state index in [2.05, 4.69) is 4.98 Å². The maximum absolute atomic E-state index is 12.8. The number of fused-ring (bicyclic) bond motifs is 1. The number of anilines is 1. The molecule has 4 rings (SSSR count). The first-order valence-electron chi connectivity index (χ1n) is 9.74. The van der Waals surface area contributed by atoms with E-state index in [1.54, 1.807) is 25.1 Å². The van der Waals surface area contributed by atoms with Gasteiger partial charge in [0, 0.05) is 24.9 Å². The molecule has 0 saturated carbocycles. The number of ether oxygens (including phenoxy) is 1. The molecule has 162 valence electrons. The number of benzene rings is 3. The van der Waals surface area contributed by atoms with Crippen LogP contribution >= 0.6 is 11.8 Å². The number of carbonyl (C=O) groups is 1. The van der Waals surface area contributed by atoms with Gasteiger partial charge in [0.05, 0.1) is 34.5 Å². The summed E-state index contributed by atoms with van der Waals surface area (Å²) in [4.78, 5) is 29.8. The summed E-state index contributed by atoms with van der Waals surface area (Å²) in [6.07, 6.45) is 0. The standard InChI is InChI=1S/C23H20N4O4S/c1-25(16-8-4-3-5-9-16)22(28)15-32-23-24-18-14-17(27(29)30)12-13-19(18)26(23)20-10-6-7-11-21(20)31-2/h3-14H,15H2,1-2H3. The molecule has 1 aromatic heterocycles. The van der Waals surface area contributed by atoms with Gasteiger partial charge in [-0.3, -0.25) is 19.5 Å². The fraction of sp³-hybridized carbons (Fsp3) is 0.130. The van der Waals surface area contributed by atoms with E-state index in [9.17, 15) is 14.9 Å². The molecule has 1 heterocycles. The molecule has 0 aliphatic rings. The Morgan fingerprint density at radius 1 is 1.12 bits per heavy atom. The number of amides is 1. The molecular formula is C23H20N4O4S. The maximum Gasteiger partial charge on any atom is 0.271 e. The van der Waals surface area contributed by atoms with E-state index in [-0.39, 0.29) is 17.3 Å². The fourth-order valence-electron chi connectivity index (χ4n) is 3.32. The van der Waals surface area contributed by atoms with Crippen molar-refractivity contribution in [2.45, 2.75) is 5.16 Å². The van der Waals surface area contributed by atoms with Crippen LogP contribution in [-0.2, 0) is 4.79 Å². The Morgan fingerprint density at radius 3 is 2.56 bits per heavy atom. The van der Waals surface area contributed by atoms with Gasteiger partial charge in [0.25, 0.3) is 5.69 Å². The lowest BCUT2D eigenvalue weighted by Crippen LogP contribution is -2.27. The van der Waals surface area contributed by atoms with Gasteiger partial charge >= 0.3 is 0 Å². The minimum atomic E-state index is -0.452. The number of nitro benzene ring substituents is 1. The molecular weight excluding hydrogens is 428 g/mol. The molecule has 1 amide bonds. The van der Waals surface area contributed by atoms with Gasteiger partial charge in [-0.05, 0) is 30.3 Å². The Hall–Kier alpha value is -3.85. The van der Waals surface area contributed by atoms with Crippen molar-refractivity contribution in [1.82, 2.24) is 9.55 Å². The Balaban J connectivity index is 1.72. The van der Waals surface area contributed by atoms with Crippen LogP contribution in [0.3, 0.4) is 0 Å². The number of para-hydroxylation sites is 3. The quantitative estimate of drug-likeness (QED) is 0.231. The molecule has 0 aliphatic heterocycles. The van der Waals surface area contributed by atoms with Crippen molar-refractivity contribution in [3.8, 4) is 11.4 Å². The van der Waals surface area contributed by atoms with Crippen molar-refractivity contribution >= 4 is 40.1 Å². The van der Waals surface area contributed by atoms with Crippen LogP contribution in [0.5, 0.6) is 5.75 Å². The number of thioether (sulfide) groups is 1. The number of methoxy groups -OCH3 is 1. The van der Waals surface area contributed by atoms with Gasteiger partial charge in [0.1, 0.15) is 5.75 Å². The molecule has 3 aromatic carbocycles. The smallest absolute Gasteiger partial charge is 0.271 e. The van der Waals surface area contributed by atoms with Gasteiger partial charge in [-0.15, -0.1) is 0 Å². The average molecular weight is 449 g/mol. The van der Waals surface area contributed by atoms with Crippen LogP contribution in [0.1, 0.15) is 0 Å². The third kappa shape index (κ3) is 4.15. The van der Waals surface area contributed by atoms with Crippen LogP contribution in [0.15, 0.2) is 78.0 Å². The zero-order chi connectivity index (χ0) is 22.7. The SMILES string of the molecule is COc1ccccc1-n1c(SCC(=O)N(C)c2ccccc2)nc2cc([N+](=O)[O-])ccc21. The van der Waals surface area contributed by atoms with Crippen molar-refractivity contribution in [2.24, 2.45) is 0 Å². The van der Waals surface area contributed by atoms with E-state index >= 15 is 0 Å². The highest BCUT2D eigenvalue weighted by atomic mass is 32.2. The van der Waals surface area contributed by atoms with Crippen molar-refractivity contribution in [3.05, 3.63) is 82.9 Å². The van der Waals surface area contributed by atoms with E-state index in [1.165, 1.54) is 23.9 Å². The molecule has 32 heavy (non-hydrogen) atoms. The third-order valence-electron chi connectivity index (χ3n) is 4.99. The summed E-state index contributed by atoms with van der Waals surface area (Å²) in [5.74, 6) is 0.678. The van der Waals surface area contributed by atoms with Crippen LogP contribution in [0.4, 0.5) is 11.4 Å². The summed E-state index contributed by atoms with van der Waals surface area (Å²) in [6.45, 7) is 0. The van der Waals surface area contributed by atoms with E-state index in [0.717, 1.165) is 11.4 Å². The van der Waals surface area contributed by atoms with E-state index in [4.69, 9.17) is 4.74 Å². The predicted molar refractivity (Wildman–Crippen MR) is 125 cm³/mol. The number of nitrogens with zero attached hydrogens (tertiary/aromatic N) is 4. The molecule has 0 atom stereocenters. The first-order valence-corrected chi connectivity index (χ1v) is 10.7. The summed E-state index contributed by atoms with van der Waals surface area (Å²) >= 11 is 1.27. The lowest BCUT2D eigenvalue weighted by molar-refractivity contribution is -0.384. The van der Waals surface area contributed by atoms with Gasteiger partial charge < -0.3 is 9.64 Å². The molecule has 0 fully saturated rings. The summed E-state index contributed by atoms with van der Waals surface area (Å²) < 4.78 is 7.37. The number of carbonyl (C=O) groups excluding carboxylic acids is 1. The fourth-order valence-corrected chi connectivity index (χ4v) is 4.26. The Labute approximate surface area is 188 Å². The summed E-state index contributed by atoms with van der Waals surface area (Å²) in [5.41, 5.74) is 2.64. The first-order chi connectivity index (χ1) is 15.5. The van der Waals surface area contributed by atoms with Crippen LogP contribution in [0.2, 0.25) is 0 Å². The minimum absolute atomic E-state index is 0.0430. The van der Waals surface area contributed by atoms with Crippen molar-refractivity contribution in [3.63, 3.8) is 0 Å². The van der Waals surface area contributed by atoms with Gasteiger partial charge in [-0.25, -0.2) is 4.98 Å². The molecule has 0 radical (unpaired) electrons. The summed E-state index contributed by atoms with van der Waals surface area (Å²) in [7, 11) is 3.30. The van der Waals surface area contributed by atoms with Gasteiger partial charge in [-0.1, -0.05) is 42.1 Å². The summed E-state index contributed by atoms with van der Waals surface area (Å²) in [6, 6.07) is 21.4. The van der Waals surface area contributed by atoms with Crippen molar-refractivity contribution in [1.29, 1.82) is 0 Å². The zero-order valence-electron chi connectivity index (χ0n) is 17.5. The highest BCUT2D eigenvalue weighted by Gasteiger charge is 2.20. The second-order valence-corrected chi connectivity index (χ2v) is 7.85. The molecule has 0 unspecified atom stereocenters. The van der Waals surface area contributed by atoms with Crippen LogP contribution in [0.25, 0.3) is 16.7 Å². The topological polar surface area (TPSA) is 90.5 Å². The third-order valence-corrected chi connectivity index (χ3v) is 5.91. The van der Waals surface area contributed by atoms with Crippen molar-refractivity contribution < 1.29 is 14.5 Å². The van der Waals surface area contributed by atoms with E-state index < -0.39 is 4.92 Å². The Kier molecular flexibility index (Phi) is 6.09. The number of non-ortho nitro benzene ring substituents is 1. The average Bonchev–Trinajstić information content (AvgIpc) is 3.19. The number of nitro groups is 1. The van der Waals surface area contributed by atoms with Crippen LogP contribution in [0, 0.1) is 10.1 Å². The summed E-state index contributed by atoms with van der Waals surface area (Å²) in [5, 5.41) is 11.8. The van der Waals surface area contributed by atoms with Crippen LogP contribution in [-0.4, -0.2) is 40.3 Å². The minimum Gasteiger partial charge on any atom is -0.495 e. The lowest BCUT2D eigenvalue weighted by atomic mass is 10.2. The molecule has 0 spiro atoms. The molecule has 0 bridgehead atoms. The number of aromatic nitrogens is 2.